The van der Waals surface area contributed by atoms with E-state index in [1.165, 1.54) is 41.7 Å². The standard InChI is InChI=1S/C25H21BrCl2N6O5S/c26-33(19-9-8-16(27)12-17(19)24(35)31-14-15-6-7-15)25(36)20-13-21(32-34(20)23-18(28)4-3-11-30-23)39-40(37,38)22-5-1-2-10-29-22/h1-5,8-12,15,20H,6-7,13-14H2,(H,31,35). The highest BCUT2D eigenvalue weighted by molar-refractivity contribution is 9.10. The van der Waals surface area contributed by atoms with Crippen molar-refractivity contribution >= 4 is 78.7 Å². The third-order valence-electron chi connectivity index (χ3n) is 6.08. The Morgan fingerprint density at radius 1 is 1.10 bits per heavy atom. The molecule has 2 amide bonds. The lowest BCUT2D eigenvalue weighted by Crippen LogP contribution is -2.42. The van der Waals surface area contributed by atoms with Gasteiger partial charge in [0.2, 0.25) is 5.90 Å². The molecule has 1 N–H and O–H groups in total. The predicted octanol–water partition coefficient (Wildman–Crippen LogP) is 4.56. The van der Waals surface area contributed by atoms with Crippen molar-refractivity contribution in [1.29, 1.82) is 0 Å². The average Bonchev–Trinajstić information content (AvgIpc) is 3.70. The van der Waals surface area contributed by atoms with Gasteiger partial charge < -0.3 is 9.50 Å². The van der Waals surface area contributed by atoms with Gasteiger partial charge in [-0.3, -0.25) is 9.59 Å². The molecule has 0 radical (unpaired) electrons. The minimum Gasteiger partial charge on any atom is -0.360 e. The van der Waals surface area contributed by atoms with Gasteiger partial charge in [0.25, 0.3) is 11.8 Å². The van der Waals surface area contributed by atoms with Crippen molar-refractivity contribution in [2.24, 2.45) is 11.0 Å². The summed E-state index contributed by atoms with van der Waals surface area (Å²) in [6, 6.07) is 10.9. The van der Waals surface area contributed by atoms with Gasteiger partial charge in [-0.1, -0.05) is 29.3 Å². The number of nitrogens with one attached hydrogen (secondary N) is 1. The fraction of sp³-hybridized carbons (Fsp3) is 0.240. The molecule has 3 heterocycles. The minimum absolute atomic E-state index is 0.107. The van der Waals surface area contributed by atoms with E-state index in [4.69, 9.17) is 27.4 Å². The fourth-order valence-electron chi connectivity index (χ4n) is 3.90. The predicted molar refractivity (Wildman–Crippen MR) is 153 cm³/mol. The minimum atomic E-state index is -4.34. The first kappa shape index (κ1) is 28.3. The van der Waals surface area contributed by atoms with E-state index in [1.807, 2.05) is 0 Å². The molecule has 208 valence electrons. The van der Waals surface area contributed by atoms with Crippen LogP contribution in [0.4, 0.5) is 11.5 Å². The molecule has 0 spiro atoms. The first-order chi connectivity index (χ1) is 19.1. The summed E-state index contributed by atoms with van der Waals surface area (Å²) >= 11 is 15.8. The third kappa shape index (κ3) is 6.22. The van der Waals surface area contributed by atoms with E-state index in [2.05, 4.69) is 36.5 Å². The van der Waals surface area contributed by atoms with Crippen LogP contribution in [0.3, 0.4) is 0 Å². The maximum atomic E-state index is 13.9. The zero-order valence-electron chi connectivity index (χ0n) is 20.6. The van der Waals surface area contributed by atoms with Crippen LogP contribution in [-0.4, -0.2) is 48.7 Å². The molecule has 2 aliphatic rings. The van der Waals surface area contributed by atoms with Crippen molar-refractivity contribution < 1.29 is 22.2 Å². The van der Waals surface area contributed by atoms with Crippen LogP contribution in [0, 0.1) is 5.92 Å². The van der Waals surface area contributed by atoms with Crippen molar-refractivity contribution in [2.75, 3.05) is 15.5 Å². The van der Waals surface area contributed by atoms with Crippen LogP contribution in [0.15, 0.2) is 71.1 Å². The molecule has 1 aliphatic heterocycles. The van der Waals surface area contributed by atoms with Crippen LogP contribution < -0.4 is 14.3 Å². The monoisotopic (exact) mass is 666 g/mol. The number of pyridine rings is 2. The molecule has 0 bridgehead atoms. The number of hydrogen-bond donors (Lipinski definition) is 1. The normalized spacial score (nSPS) is 16.8. The van der Waals surface area contributed by atoms with Gasteiger partial charge in [-0.15, -0.1) is 5.10 Å². The second-order valence-corrected chi connectivity index (χ2v) is 12.1. The molecule has 1 saturated carbocycles. The number of halogens is 3. The number of carbonyl (C=O) groups excluding carboxylic acids is 2. The van der Waals surface area contributed by atoms with E-state index in [0.717, 1.165) is 16.8 Å². The average molecular weight is 668 g/mol. The molecule has 40 heavy (non-hydrogen) atoms. The molecule has 2 aromatic heterocycles. The molecule has 3 aromatic rings. The van der Waals surface area contributed by atoms with Gasteiger partial charge in [0.15, 0.2) is 10.8 Å². The van der Waals surface area contributed by atoms with Crippen LogP contribution >= 0.6 is 39.3 Å². The van der Waals surface area contributed by atoms with Crippen molar-refractivity contribution in [1.82, 2.24) is 15.3 Å². The Kier molecular flexibility index (Phi) is 8.26. The number of hydrogen-bond acceptors (Lipinski definition) is 9. The molecule has 0 saturated heterocycles. The van der Waals surface area contributed by atoms with Gasteiger partial charge in [-0.25, -0.2) is 18.9 Å². The molecule has 1 fully saturated rings. The topological polar surface area (TPSA) is 134 Å². The lowest BCUT2D eigenvalue weighted by atomic mass is 10.1. The Morgan fingerprint density at radius 2 is 1.88 bits per heavy atom. The summed E-state index contributed by atoms with van der Waals surface area (Å²) in [7, 11) is -4.34. The molecular weight excluding hydrogens is 647 g/mol. The lowest BCUT2D eigenvalue weighted by Gasteiger charge is -2.26. The fourth-order valence-corrected chi connectivity index (χ4v) is 5.70. The number of benzene rings is 1. The van der Waals surface area contributed by atoms with Crippen molar-refractivity contribution in [3.05, 3.63) is 76.5 Å². The molecule has 1 aromatic carbocycles. The zero-order chi connectivity index (χ0) is 28.4. The summed E-state index contributed by atoms with van der Waals surface area (Å²) in [6.45, 7) is 0.523. The van der Waals surface area contributed by atoms with Gasteiger partial charge >= 0.3 is 10.1 Å². The largest absolute Gasteiger partial charge is 0.360 e. The molecule has 11 nitrogen and oxygen atoms in total. The van der Waals surface area contributed by atoms with E-state index in [-0.39, 0.29) is 45.3 Å². The summed E-state index contributed by atoms with van der Waals surface area (Å²) in [5.41, 5.74) is 0.402. The Hall–Kier alpha value is -3.26. The molecule has 5 rings (SSSR count). The molecule has 15 heteroatoms. The van der Waals surface area contributed by atoms with E-state index in [9.17, 15) is 18.0 Å². The number of aromatic nitrogens is 2. The maximum Gasteiger partial charge on any atom is 0.358 e. The SMILES string of the molecule is O=C(NCC1CC1)c1cc(Cl)ccc1N(Br)C(=O)C1CC(OS(=O)(=O)c2ccccn2)=NN1c1ncccc1Cl. The smallest absolute Gasteiger partial charge is 0.358 e. The molecular formula is C25H21BrCl2N6O5S. The third-order valence-corrected chi connectivity index (χ3v) is 8.51. The Morgan fingerprint density at radius 3 is 2.58 bits per heavy atom. The number of nitrogens with zero attached hydrogens (tertiary/aromatic N) is 5. The van der Waals surface area contributed by atoms with E-state index >= 15 is 0 Å². The second-order valence-electron chi connectivity index (χ2n) is 9.01. The first-order valence-electron chi connectivity index (χ1n) is 12.0. The van der Waals surface area contributed by atoms with E-state index in [1.54, 1.807) is 24.3 Å². The summed E-state index contributed by atoms with van der Waals surface area (Å²) in [5, 5.41) is 8.47. The van der Waals surface area contributed by atoms with E-state index < -0.39 is 22.1 Å². The number of anilines is 2. The summed E-state index contributed by atoms with van der Waals surface area (Å²) in [4.78, 5) is 34.9. The van der Waals surface area contributed by atoms with Gasteiger partial charge in [-0.05, 0) is 61.2 Å². The molecule has 1 aliphatic carbocycles. The zero-order valence-corrected chi connectivity index (χ0v) is 24.5. The van der Waals surface area contributed by atoms with Gasteiger partial charge in [0, 0.05) is 24.0 Å². The Balaban J connectivity index is 1.44. The Bertz CT molecular complexity index is 1590. The van der Waals surface area contributed by atoms with Gasteiger partial charge in [0.1, 0.15) is 6.04 Å². The van der Waals surface area contributed by atoms with Crippen LogP contribution in [0.25, 0.3) is 0 Å². The molecule has 1 unspecified atom stereocenters. The van der Waals surface area contributed by atoms with Gasteiger partial charge in [-0.2, -0.15) is 8.42 Å². The number of rotatable bonds is 8. The highest BCUT2D eigenvalue weighted by Gasteiger charge is 2.41. The van der Waals surface area contributed by atoms with Crippen molar-refractivity contribution in [3.8, 4) is 0 Å². The number of amides is 2. The quantitative estimate of drug-likeness (QED) is 0.273. The summed E-state index contributed by atoms with van der Waals surface area (Å²) in [5.74, 6) is -0.709. The Labute approximate surface area is 248 Å². The van der Waals surface area contributed by atoms with Crippen LogP contribution in [0.5, 0.6) is 0 Å². The first-order valence-corrected chi connectivity index (χ1v) is 14.9. The highest BCUT2D eigenvalue weighted by atomic mass is 79.9. The highest BCUT2D eigenvalue weighted by Crippen LogP contribution is 2.34. The van der Waals surface area contributed by atoms with Crippen molar-refractivity contribution in [2.45, 2.75) is 30.3 Å². The maximum absolute atomic E-state index is 13.9. The summed E-state index contributed by atoms with van der Waals surface area (Å²) in [6.07, 6.45) is 4.62. The summed E-state index contributed by atoms with van der Waals surface area (Å²) < 4.78 is 32.0. The second kappa shape index (κ2) is 11.7. The van der Waals surface area contributed by atoms with Gasteiger partial charge in [0.05, 0.1) is 38.8 Å². The van der Waals surface area contributed by atoms with E-state index in [0.29, 0.717) is 17.5 Å². The number of carbonyl (C=O) groups is 2. The van der Waals surface area contributed by atoms with Crippen LogP contribution in [0.2, 0.25) is 10.0 Å². The lowest BCUT2D eigenvalue weighted by molar-refractivity contribution is -0.118. The van der Waals surface area contributed by atoms with Crippen molar-refractivity contribution in [3.63, 3.8) is 0 Å². The van der Waals surface area contributed by atoms with Crippen LogP contribution in [-0.2, 0) is 19.1 Å². The molecule has 1 atom stereocenters. The van der Waals surface area contributed by atoms with Crippen LogP contribution in [0.1, 0.15) is 29.6 Å². The number of hydrazone groups is 1.